The van der Waals surface area contributed by atoms with Gasteiger partial charge in [0, 0.05) is 19.3 Å². The first-order valence-electron chi connectivity index (χ1n) is 6.47. The maximum atomic E-state index is 13.4. The number of benzene rings is 2. The summed E-state index contributed by atoms with van der Waals surface area (Å²) in [6.45, 7) is 4.68. The summed E-state index contributed by atoms with van der Waals surface area (Å²) < 4.78 is 13.4. The lowest BCUT2D eigenvalue weighted by Crippen LogP contribution is -2.16. The number of rotatable bonds is 3. The van der Waals surface area contributed by atoms with Crippen LogP contribution in [-0.2, 0) is 6.54 Å². The van der Waals surface area contributed by atoms with Crippen LogP contribution in [0.25, 0.3) is 0 Å². The lowest BCUT2D eigenvalue weighted by atomic mass is 10.1. The number of nitrogens with zero attached hydrogens (tertiary/aromatic N) is 2. The number of aryl methyl sites for hydroxylation is 2. The average Bonchev–Trinajstić information content (AvgIpc) is 2.36. The Morgan fingerprint density at radius 3 is 2.30 bits per heavy atom. The van der Waals surface area contributed by atoms with Crippen LogP contribution in [0.1, 0.15) is 22.3 Å². The second-order valence-electron chi connectivity index (χ2n) is 5.16. The van der Waals surface area contributed by atoms with E-state index in [1.807, 2.05) is 13.1 Å². The smallest absolute Gasteiger partial charge is 0.124 e. The molecule has 0 N–H and O–H groups in total. The summed E-state index contributed by atoms with van der Waals surface area (Å²) in [7, 11) is 1.96. The van der Waals surface area contributed by atoms with Gasteiger partial charge in [0.1, 0.15) is 5.82 Å². The third kappa shape index (κ3) is 3.36. The van der Waals surface area contributed by atoms with Gasteiger partial charge in [0.05, 0.1) is 11.6 Å². The Labute approximate surface area is 119 Å². The predicted molar refractivity (Wildman–Crippen MR) is 79.1 cm³/mol. The summed E-state index contributed by atoms with van der Waals surface area (Å²) in [4.78, 5) is 2.05. The molecule has 0 unspecified atom stereocenters. The lowest BCUT2D eigenvalue weighted by molar-refractivity contribution is 0.624. The van der Waals surface area contributed by atoms with E-state index in [0.29, 0.717) is 12.1 Å². The molecule has 2 aromatic carbocycles. The van der Waals surface area contributed by atoms with E-state index in [9.17, 15) is 4.39 Å². The monoisotopic (exact) mass is 268 g/mol. The average molecular weight is 268 g/mol. The number of anilines is 1. The summed E-state index contributed by atoms with van der Waals surface area (Å²) in [5.41, 5.74) is 4.63. The van der Waals surface area contributed by atoms with Crippen LogP contribution in [0.4, 0.5) is 10.1 Å². The molecule has 102 valence electrons. The van der Waals surface area contributed by atoms with E-state index in [-0.39, 0.29) is 5.82 Å². The molecule has 2 aromatic rings. The van der Waals surface area contributed by atoms with E-state index < -0.39 is 0 Å². The zero-order chi connectivity index (χ0) is 14.7. The first kappa shape index (κ1) is 14.1. The van der Waals surface area contributed by atoms with Crippen molar-refractivity contribution in [3.8, 4) is 6.07 Å². The molecule has 3 heteroatoms. The summed E-state index contributed by atoms with van der Waals surface area (Å²) >= 11 is 0. The van der Waals surface area contributed by atoms with Gasteiger partial charge in [-0.1, -0.05) is 6.07 Å². The summed E-state index contributed by atoms with van der Waals surface area (Å²) in [5.74, 6) is -0.368. The van der Waals surface area contributed by atoms with Gasteiger partial charge in [-0.2, -0.15) is 5.26 Å². The van der Waals surface area contributed by atoms with Crippen LogP contribution in [-0.4, -0.2) is 7.05 Å². The third-order valence-electron chi connectivity index (χ3n) is 3.15. The van der Waals surface area contributed by atoms with Crippen molar-refractivity contribution in [1.82, 2.24) is 0 Å². The Balaban J connectivity index is 2.25. The van der Waals surface area contributed by atoms with Crippen LogP contribution in [0.15, 0.2) is 36.4 Å². The molecule has 0 atom stereocenters. The standard InChI is InChI=1S/C17H17FN2/c1-12-4-13(2)6-17(5-12)20(3)11-15-7-14(10-19)8-16(18)9-15/h4-9H,11H2,1-3H3. The normalized spacial score (nSPS) is 10.2. The Morgan fingerprint density at radius 1 is 1.05 bits per heavy atom. The Bertz CT molecular complexity index is 651. The summed E-state index contributed by atoms with van der Waals surface area (Å²) in [6.07, 6.45) is 0. The van der Waals surface area contributed by atoms with Crippen LogP contribution in [0.3, 0.4) is 0 Å². The van der Waals surface area contributed by atoms with Crippen LogP contribution < -0.4 is 4.90 Å². The Kier molecular flexibility index (Phi) is 4.05. The fourth-order valence-electron chi connectivity index (χ4n) is 2.34. The highest BCUT2D eigenvalue weighted by molar-refractivity contribution is 5.51. The maximum Gasteiger partial charge on any atom is 0.124 e. The summed E-state index contributed by atoms with van der Waals surface area (Å²) in [5, 5.41) is 8.88. The van der Waals surface area contributed by atoms with Crippen molar-refractivity contribution >= 4 is 5.69 Å². The van der Waals surface area contributed by atoms with E-state index in [0.717, 1.165) is 11.3 Å². The molecule has 2 rings (SSSR count). The van der Waals surface area contributed by atoms with E-state index >= 15 is 0 Å². The Hall–Kier alpha value is -2.34. The van der Waals surface area contributed by atoms with Crippen LogP contribution in [0, 0.1) is 31.0 Å². The minimum Gasteiger partial charge on any atom is -0.370 e. The molecule has 0 fully saturated rings. The topological polar surface area (TPSA) is 27.0 Å². The molecule has 0 aliphatic rings. The van der Waals surface area contributed by atoms with Crippen molar-refractivity contribution < 1.29 is 4.39 Å². The maximum absolute atomic E-state index is 13.4. The van der Waals surface area contributed by atoms with Crippen molar-refractivity contribution in [2.75, 3.05) is 11.9 Å². The molecule has 0 saturated heterocycles. The van der Waals surface area contributed by atoms with Gasteiger partial charge in [0.15, 0.2) is 0 Å². The van der Waals surface area contributed by atoms with Crippen molar-refractivity contribution in [1.29, 1.82) is 5.26 Å². The molecule has 0 heterocycles. The van der Waals surface area contributed by atoms with Crippen molar-refractivity contribution in [2.45, 2.75) is 20.4 Å². The molecular weight excluding hydrogens is 251 g/mol. The second kappa shape index (κ2) is 5.75. The molecule has 0 aliphatic carbocycles. The second-order valence-corrected chi connectivity index (χ2v) is 5.16. The van der Waals surface area contributed by atoms with Crippen LogP contribution in [0.2, 0.25) is 0 Å². The number of hydrogen-bond acceptors (Lipinski definition) is 2. The molecule has 0 radical (unpaired) electrons. The lowest BCUT2D eigenvalue weighted by Gasteiger charge is -2.20. The molecule has 20 heavy (non-hydrogen) atoms. The molecule has 2 nitrogen and oxygen atoms in total. The van der Waals surface area contributed by atoms with Crippen molar-refractivity contribution in [2.24, 2.45) is 0 Å². The SMILES string of the molecule is Cc1cc(C)cc(N(C)Cc2cc(F)cc(C#N)c2)c1. The van der Waals surface area contributed by atoms with Gasteiger partial charge in [0.25, 0.3) is 0 Å². The van der Waals surface area contributed by atoms with Crippen LogP contribution in [0.5, 0.6) is 0 Å². The molecule has 0 bridgehead atoms. The van der Waals surface area contributed by atoms with E-state index in [1.54, 1.807) is 6.07 Å². The van der Waals surface area contributed by atoms with Crippen LogP contribution >= 0.6 is 0 Å². The molecule has 0 aromatic heterocycles. The minimum absolute atomic E-state index is 0.355. The molecule has 0 amide bonds. The van der Waals surface area contributed by atoms with E-state index in [2.05, 4.69) is 36.9 Å². The van der Waals surface area contributed by atoms with Crippen molar-refractivity contribution in [3.63, 3.8) is 0 Å². The van der Waals surface area contributed by atoms with Gasteiger partial charge < -0.3 is 4.90 Å². The highest BCUT2D eigenvalue weighted by atomic mass is 19.1. The highest BCUT2D eigenvalue weighted by Gasteiger charge is 2.06. The fraction of sp³-hybridized carbons (Fsp3) is 0.235. The first-order chi connectivity index (χ1) is 9.47. The van der Waals surface area contributed by atoms with Gasteiger partial charge >= 0.3 is 0 Å². The fourth-order valence-corrected chi connectivity index (χ4v) is 2.34. The van der Waals surface area contributed by atoms with Gasteiger partial charge in [-0.05, 0) is 60.9 Å². The van der Waals surface area contributed by atoms with E-state index in [1.165, 1.54) is 23.3 Å². The Morgan fingerprint density at radius 2 is 1.70 bits per heavy atom. The number of nitriles is 1. The number of hydrogen-bond donors (Lipinski definition) is 0. The molecular formula is C17H17FN2. The quantitative estimate of drug-likeness (QED) is 0.842. The number of halogens is 1. The van der Waals surface area contributed by atoms with Crippen molar-refractivity contribution in [3.05, 3.63) is 64.5 Å². The van der Waals surface area contributed by atoms with Gasteiger partial charge in [-0.3, -0.25) is 0 Å². The largest absolute Gasteiger partial charge is 0.370 e. The minimum atomic E-state index is -0.368. The predicted octanol–water partition coefficient (Wildman–Crippen LogP) is 3.95. The van der Waals surface area contributed by atoms with Gasteiger partial charge in [-0.25, -0.2) is 4.39 Å². The molecule has 0 aliphatic heterocycles. The first-order valence-corrected chi connectivity index (χ1v) is 6.47. The van der Waals surface area contributed by atoms with Gasteiger partial charge in [-0.15, -0.1) is 0 Å². The summed E-state index contributed by atoms with van der Waals surface area (Å²) in [6, 6.07) is 12.7. The van der Waals surface area contributed by atoms with E-state index in [4.69, 9.17) is 5.26 Å². The zero-order valence-electron chi connectivity index (χ0n) is 11.9. The highest BCUT2D eigenvalue weighted by Crippen LogP contribution is 2.20. The molecule has 0 spiro atoms. The zero-order valence-corrected chi connectivity index (χ0v) is 11.9. The molecule has 0 saturated carbocycles. The van der Waals surface area contributed by atoms with Gasteiger partial charge in [0.2, 0.25) is 0 Å². The third-order valence-corrected chi connectivity index (χ3v) is 3.15.